The van der Waals surface area contributed by atoms with Crippen molar-refractivity contribution < 1.29 is 4.74 Å². The number of hydrogen-bond acceptors (Lipinski definition) is 5. The summed E-state index contributed by atoms with van der Waals surface area (Å²) < 4.78 is 6.73. The lowest BCUT2D eigenvalue weighted by Gasteiger charge is -1.99. The molecular weight excluding hydrogens is 266 g/mol. The quantitative estimate of drug-likeness (QED) is 0.693. The van der Waals surface area contributed by atoms with Gasteiger partial charge in [0.2, 0.25) is 5.95 Å². The molecule has 1 N–H and O–H groups in total. The summed E-state index contributed by atoms with van der Waals surface area (Å²) in [6.45, 7) is 3.69. The molecule has 6 nitrogen and oxygen atoms in total. The molecule has 2 rings (SSSR count). The first kappa shape index (κ1) is 14.8. The highest BCUT2D eigenvalue weighted by molar-refractivity contribution is 5.74. The second kappa shape index (κ2) is 6.69. The van der Waals surface area contributed by atoms with Crippen molar-refractivity contribution >= 4 is 23.6 Å². The Morgan fingerprint density at radius 2 is 2.00 bits per heavy atom. The molecule has 0 amide bonds. The van der Waals surface area contributed by atoms with Gasteiger partial charge in [0.25, 0.3) is 0 Å². The van der Waals surface area contributed by atoms with Crippen molar-refractivity contribution in [1.82, 2.24) is 14.8 Å². The minimum atomic E-state index is 0.551. The predicted octanol–water partition coefficient (Wildman–Crippen LogP) is 2.98. The van der Waals surface area contributed by atoms with Gasteiger partial charge in [-0.05, 0) is 19.1 Å². The lowest BCUT2D eigenvalue weighted by molar-refractivity contribution is 0.399. The van der Waals surface area contributed by atoms with Crippen molar-refractivity contribution in [1.29, 1.82) is 0 Å². The van der Waals surface area contributed by atoms with Crippen LogP contribution in [0.1, 0.15) is 19.7 Å². The minimum Gasteiger partial charge on any atom is -0.484 e. The zero-order chi connectivity index (χ0) is 15.2. The van der Waals surface area contributed by atoms with E-state index in [-0.39, 0.29) is 0 Å². The fourth-order valence-corrected chi connectivity index (χ4v) is 1.74. The fourth-order valence-electron chi connectivity index (χ4n) is 1.74. The zero-order valence-corrected chi connectivity index (χ0v) is 12.7. The fraction of sp³-hybridized carbons (Fsp3) is 0.267. The van der Waals surface area contributed by atoms with Gasteiger partial charge in [0.15, 0.2) is 11.7 Å². The lowest BCUT2D eigenvalue weighted by atomic mass is 10.3. The van der Waals surface area contributed by atoms with Gasteiger partial charge in [-0.2, -0.15) is 4.98 Å². The number of anilines is 2. The second-order valence-electron chi connectivity index (χ2n) is 4.53. The maximum absolute atomic E-state index is 5.03. The highest BCUT2D eigenvalue weighted by Crippen LogP contribution is 2.14. The van der Waals surface area contributed by atoms with E-state index < -0.39 is 0 Å². The van der Waals surface area contributed by atoms with Crippen molar-refractivity contribution in [2.24, 2.45) is 12.0 Å². The zero-order valence-electron chi connectivity index (χ0n) is 12.7. The number of nitrogens with one attached hydrogen (secondary N) is 1. The second-order valence-corrected chi connectivity index (χ2v) is 4.53. The van der Waals surface area contributed by atoms with Crippen molar-refractivity contribution in [3.05, 3.63) is 41.9 Å². The average Bonchev–Trinajstić information content (AvgIpc) is 2.79. The first-order valence-electron chi connectivity index (χ1n) is 6.59. The van der Waals surface area contributed by atoms with Gasteiger partial charge in [-0.25, -0.2) is 9.67 Å². The Kier molecular flexibility index (Phi) is 4.71. The normalized spacial score (nSPS) is 12.4. The number of aliphatic imine (C=N–C) groups is 1. The van der Waals surface area contributed by atoms with Crippen molar-refractivity contribution in [3.8, 4) is 0 Å². The topological polar surface area (TPSA) is 64.3 Å². The van der Waals surface area contributed by atoms with E-state index in [4.69, 9.17) is 4.74 Å². The van der Waals surface area contributed by atoms with Crippen LogP contribution in [0.15, 0.2) is 41.0 Å². The summed E-state index contributed by atoms with van der Waals surface area (Å²) in [4.78, 5) is 8.71. The number of aryl methyl sites for hydroxylation is 1. The van der Waals surface area contributed by atoms with Crippen molar-refractivity contribution in [3.63, 3.8) is 0 Å². The summed E-state index contributed by atoms with van der Waals surface area (Å²) in [7, 11) is 3.44. The van der Waals surface area contributed by atoms with Gasteiger partial charge in [-0.3, -0.25) is 0 Å². The molecule has 0 bridgehead atoms. The monoisotopic (exact) mass is 285 g/mol. The van der Waals surface area contributed by atoms with E-state index >= 15 is 0 Å². The molecule has 0 aliphatic heterocycles. The van der Waals surface area contributed by atoms with Gasteiger partial charge in [0, 0.05) is 31.4 Å². The molecule has 0 fully saturated rings. The molecule has 0 spiro atoms. The van der Waals surface area contributed by atoms with E-state index in [1.165, 1.54) is 0 Å². The van der Waals surface area contributed by atoms with Crippen LogP contribution in [0.25, 0.3) is 6.08 Å². The summed E-state index contributed by atoms with van der Waals surface area (Å²) in [6.07, 6.45) is 1.85. The van der Waals surface area contributed by atoms with Gasteiger partial charge < -0.3 is 10.1 Å². The van der Waals surface area contributed by atoms with Crippen molar-refractivity contribution in [2.45, 2.75) is 13.8 Å². The van der Waals surface area contributed by atoms with Gasteiger partial charge in [-0.15, -0.1) is 5.10 Å². The number of nitrogens with zero attached hydrogens (tertiary/aromatic N) is 4. The van der Waals surface area contributed by atoms with Crippen LogP contribution in [0.3, 0.4) is 0 Å². The highest BCUT2D eigenvalue weighted by Gasteiger charge is 2.05. The van der Waals surface area contributed by atoms with Gasteiger partial charge in [0.05, 0.1) is 7.11 Å². The van der Waals surface area contributed by atoms with Crippen LogP contribution in [-0.2, 0) is 11.8 Å². The summed E-state index contributed by atoms with van der Waals surface area (Å²) in [5.41, 5.74) is 1.75. The summed E-state index contributed by atoms with van der Waals surface area (Å²) >= 11 is 0. The molecule has 0 saturated carbocycles. The molecule has 0 atom stereocenters. The summed E-state index contributed by atoms with van der Waals surface area (Å²) in [5, 5.41) is 7.49. The Morgan fingerprint density at radius 3 is 2.67 bits per heavy atom. The Balaban J connectivity index is 2.18. The third-order valence-corrected chi connectivity index (χ3v) is 2.79. The molecule has 110 valence electrons. The maximum Gasteiger partial charge on any atom is 0.247 e. The van der Waals surface area contributed by atoms with Crippen LogP contribution < -0.4 is 5.32 Å². The third-order valence-electron chi connectivity index (χ3n) is 2.79. The summed E-state index contributed by atoms with van der Waals surface area (Å²) in [6, 6.07) is 9.80. The van der Waals surface area contributed by atoms with Gasteiger partial charge >= 0.3 is 0 Å². The molecule has 0 unspecified atom stereocenters. The number of benzene rings is 1. The molecule has 1 aromatic carbocycles. The number of aromatic nitrogens is 3. The number of ether oxygens (including phenoxy) is 1. The van der Waals surface area contributed by atoms with E-state index in [0.29, 0.717) is 11.8 Å². The van der Waals surface area contributed by atoms with Crippen LogP contribution in [0.5, 0.6) is 0 Å². The van der Waals surface area contributed by atoms with Crippen LogP contribution in [0.2, 0.25) is 0 Å². The van der Waals surface area contributed by atoms with Crippen LogP contribution in [-0.4, -0.2) is 27.8 Å². The van der Waals surface area contributed by atoms with E-state index in [9.17, 15) is 0 Å². The summed E-state index contributed by atoms with van der Waals surface area (Å²) in [5.74, 6) is 1.88. The Hall–Kier alpha value is -2.63. The molecule has 1 heterocycles. The SMILES string of the molecule is COC(C)=N/C(C)=C\c1nc(Nc2ccccc2)nn1C. The number of allylic oxidation sites excluding steroid dienone is 1. The Labute approximate surface area is 124 Å². The standard InChI is InChI=1S/C15H19N5O/c1-11(16-12(2)21-4)10-14-18-15(19-20(14)3)17-13-8-6-5-7-9-13/h5-10H,1-4H3,(H,17,19)/b11-10-,16-12?. The van der Waals surface area contributed by atoms with Gasteiger partial charge in [0.1, 0.15) is 0 Å². The van der Waals surface area contributed by atoms with E-state index in [1.54, 1.807) is 18.7 Å². The predicted molar refractivity (Wildman–Crippen MR) is 84.5 cm³/mol. The van der Waals surface area contributed by atoms with Crippen LogP contribution in [0, 0.1) is 0 Å². The molecule has 6 heteroatoms. The Morgan fingerprint density at radius 1 is 1.29 bits per heavy atom. The average molecular weight is 285 g/mol. The van der Waals surface area contributed by atoms with E-state index in [2.05, 4.69) is 20.4 Å². The van der Waals surface area contributed by atoms with E-state index in [1.807, 2.05) is 50.4 Å². The van der Waals surface area contributed by atoms with Crippen LogP contribution in [0.4, 0.5) is 11.6 Å². The van der Waals surface area contributed by atoms with E-state index in [0.717, 1.165) is 17.2 Å². The number of rotatable bonds is 4. The molecule has 2 aromatic rings. The van der Waals surface area contributed by atoms with Gasteiger partial charge in [-0.1, -0.05) is 18.2 Å². The highest BCUT2D eigenvalue weighted by atomic mass is 16.5. The molecule has 0 saturated heterocycles. The first-order valence-corrected chi connectivity index (χ1v) is 6.59. The van der Waals surface area contributed by atoms with Crippen molar-refractivity contribution in [2.75, 3.05) is 12.4 Å². The molecule has 0 radical (unpaired) electrons. The third kappa shape index (κ3) is 4.17. The number of methoxy groups -OCH3 is 1. The maximum atomic E-state index is 5.03. The largest absolute Gasteiger partial charge is 0.484 e. The smallest absolute Gasteiger partial charge is 0.247 e. The molecule has 21 heavy (non-hydrogen) atoms. The number of hydrogen-bond donors (Lipinski definition) is 1. The number of para-hydroxylation sites is 1. The lowest BCUT2D eigenvalue weighted by Crippen LogP contribution is -1.96. The molecule has 0 aliphatic rings. The minimum absolute atomic E-state index is 0.551. The molecule has 0 aliphatic carbocycles. The molecule has 1 aromatic heterocycles. The first-order chi connectivity index (χ1) is 10.1. The molecular formula is C15H19N5O. The Bertz CT molecular complexity index is 658. The van der Waals surface area contributed by atoms with Crippen LogP contribution >= 0.6 is 0 Å².